The van der Waals surface area contributed by atoms with Crippen LogP contribution in [0.3, 0.4) is 0 Å². The zero-order chi connectivity index (χ0) is 20.9. The Hall–Kier alpha value is -3.21. The number of nitrogens with zero attached hydrogens (tertiary/aromatic N) is 4. The van der Waals surface area contributed by atoms with Gasteiger partial charge in [-0.3, -0.25) is 9.78 Å². The third kappa shape index (κ3) is 2.88. The summed E-state index contributed by atoms with van der Waals surface area (Å²) in [7, 11) is 0. The number of carbonyl (C=O) groups excluding carboxylic acids is 1. The number of aromatic nitrogens is 2. The first kappa shape index (κ1) is 18.8. The third-order valence-electron chi connectivity index (χ3n) is 6.68. The van der Waals surface area contributed by atoms with Crippen molar-refractivity contribution in [1.82, 2.24) is 14.9 Å². The van der Waals surface area contributed by atoms with Gasteiger partial charge in [-0.2, -0.15) is 0 Å². The molecule has 2 fully saturated rings. The standard InChI is InChI=1S/C25H26N4O/c1-4-22(30)29-15-25(16-29)10-12-28(14-25)24-18(3)23(19-9-11-26-13-17(19)2)20-7-5-6-8-21(20)27-24/h4-9,11,13H,1,10,12,14-16H2,2-3H3. The van der Waals surface area contributed by atoms with Gasteiger partial charge in [0, 0.05) is 54.9 Å². The fourth-order valence-electron chi connectivity index (χ4n) is 5.13. The number of rotatable bonds is 3. The van der Waals surface area contributed by atoms with Gasteiger partial charge in [0.25, 0.3) is 0 Å². The van der Waals surface area contributed by atoms with E-state index in [0.29, 0.717) is 0 Å². The summed E-state index contributed by atoms with van der Waals surface area (Å²) in [5.74, 6) is 1.10. The maximum Gasteiger partial charge on any atom is 0.245 e. The SMILES string of the molecule is C=CC(=O)N1CC2(CCN(c3nc4ccccc4c(-c4ccncc4C)c3C)C2)C1. The highest BCUT2D eigenvalue weighted by Gasteiger charge is 2.49. The van der Waals surface area contributed by atoms with E-state index in [2.05, 4.69) is 54.6 Å². The average molecular weight is 399 g/mol. The van der Waals surface area contributed by atoms with Gasteiger partial charge in [0.15, 0.2) is 0 Å². The molecule has 4 heterocycles. The van der Waals surface area contributed by atoms with Crippen LogP contribution in [0.4, 0.5) is 5.82 Å². The largest absolute Gasteiger partial charge is 0.356 e. The Balaban J connectivity index is 1.55. The summed E-state index contributed by atoms with van der Waals surface area (Å²) in [6.45, 7) is 11.4. The van der Waals surface area contributed by atoms with Crippen LogP contribution >= 0.6 is 0 Å². The van der Waals surface area contributed by atoms with Crippen molar-refractivity contribution in [3.8, 4) is 11.1 Å². The van der Waals surface area contributed by atoms with Gasteiger partial charge in [-0.15, -0.1) is 0 Å². The molecule has 0 bridgehead atoms. The Bertz CT molecular complexity index is 1160. The lowest BCUT2D eigenvalue weighted by molar-refractivity contribution is -0.136. The van der Waals surface area contributed by atoms with Crippen molar-refractivity contribution in [3.63, 3.8) is 0 Å². The van der Waals surface area contributed by atoms with Crippen molar-refractivity contribution in [2.75, 3.05) is 31.1 Å². The van der Waals surface area contributed by atoms with Crippen molar-refractivity contribution in [2.45, 2.75) is 20.3 Å². The minimum atomic E-state index is 0.0366. The van der Waals surface area contributed by atoms with Crippen molar-refractivity contribution in [2.24, 2.45) is 5.41 Å². The number of anilines is 1. The summed E-state index contributed by atoms with van der Waals surface area (Å²) >= 11 is 0. The molecule has 0 N–H and O–H groups in total. The molecule has 2 aliphatic rings. The van der Waals surface area contributed by atoms with Crippen molar-refractivity contribution >= 4 is 22.6 Å². The van der Waals surface area contributed by atoms with Crippen LogP contribution in [0.2, 0.25) is 0 Å². The summed E-state index contributed by atoms with van der Waals surface area (Å²) in [5.41, 5.74) is 6.03. The van der Waals surface area contributed by atoms with E-state index in [1.807, 2.05) is 23.4 Å². The molecule has 1 spiro atoms. The normalized spacial score (nSPS) is 17.4. The molecule has 0 radical (unpaired) electrons. The van der Waals surface area contributed by atoms with Gasteiger partial charge in [0.1, 0.15) is 5.82 Å². The van der Waals surface area contributed by atoms with Crippen molar-refractivity contribution < 1.29 is 4.79 Å². The molecule has 5 heteroatoms. The number of hydrogen-bond donors (Lipinski definition) is 0. The second-order valence-corrected chi connectivity index (χ2v) is 8.71. The van der Waals surface area contributed by atoms with Gasteiger partial charge in [-0.1, -0.05) is 24.8 Å². The van der Waals surface area contributed by atoms with E-state index in [1.54, 1.807) is 0 Å². The molecular weight excluding hydrogens is 372 g/mol. The summed E-state index contributed by atoms with van der Waals surface area (Å²) in [4.78, 5) is 25.6. The van der Waals surface area contributed by atoms with Gasteiger partial charge in [-0.25, -0.2) is 4.98 Å². The summed E-state index contributed by atoms with van der Waals surface area (Å²) in [6.07, 6.45) is 6.29. The average Bonchev–Trinajstić information content (AvgIpc) is 3.18. The number of carbonyl (C=O) groups is 1. The Morgan fingerprint density at radius 1 is 1.17 bits per heavy atom. The van der Waals surface area contributed by atoms with Crippen molar-refractivity contribution in [1.29, 1.82) is 0 Å². The lowest BCUT2D eigenvalue weighted by Gasteiger charge is -2.47. The van der Waals surface area contributed by atoms with Gasteiger partial charge >= 0.3 is 0 Å². The molecule has 2 saturated heterocycles. The zero-order valence-corrected chi connectivity index (χ0v) is 17.6. The molecule has 2 aromatic heterocycles. The molecule has 0 saturated carbocycles. The Morgan fingerprint density at radius 3 is 2.73 bits per heavy atom. The molecule has 2 aliphatic heterocycles. The van der Waals surface area contributed by atoms with Crippen LogP contribution in [0, 0.1) is 19.3 Å². The fraction of sp³-hybridized carbons (Fsp3) is 0.320. The Labute approximate surface area is 177 Å². The summed E-state index contributed by atoms with van der Waals surface area (Å²) in [6, 6.07) is 10.5. The third-order valence-corrected chi connectivity index (χ3v) is 6.68. The van der Waals surface area contributed by atoms with E-state index >= 15 is 0 Å². The monoisotopic (exact) mass is 398 g/mol. The number of fused-ring (bicyclic) bond motifs is 1. The van der Waals surface area contributed by atoms with Crippen LogP contribution in [0.25, 0.3) is 22.0 Å². The van der Waals surface area contributed by atoms with Gasteiger partial charge in [0.2, 0.25) is 5.91 Å². The molecule has 5 nitrogen and oxygen atoms in total. The van der Waals surface area contributed by atoms with E-state index in [4.69, 9.17) is 4.98 Å². The molecule has 1 aromatic carbocycles. The molecule has 152 valence electrons. The molecule has 5 rings (SSSR count). The maximum absolute atomic E-state index is 11.9. The van der Waals surface area contributed by atoms with Crippen LogP contribution in [0.15, 0.2) is 55.4 Å². The van der Waals surface area contributed by atoms with Crippen LogP contribution in [0.1, 0.15) is 17.5 Å². The predicted octanol–water partition coefficient (Wildman–Crippen LogP) is 4.14. The summed E-state index contributed by atoms with van der Waals surface area (Å²) < 4.78 is 0. The Kier molecular flexibility index (Phi) is 4.35. The number of amides is 1. The number of pyridine rings is 2. The lowest BCUT2D eigenvalue weighted by Crippen LogP contribution is -2.59. The highest BCUT2D eigenvalue weighted by Crippen LogP contribution is 2.44. The fourth-order valence-corrected chi connectivity index (χ4v) is 5.13. The van der Waals surface area contributed by atoms with Gasteiger partial charge in [-0.05, 0) is 55.2 Å². The van der Waals surface area contributed by atoms with Gasteiger partial charge < -0.3 is 9.80 Å². The van der Waals surface area contributed by atoms with E-state index in [-0.39, 0.29) is 11.3 Å². The zero-order valence-electron chi connectivity index (χ0n) is 17.6. The smallest absolute Gasteiger partial charge is 0.245 e. The number of para-hydroxylation sites is 1. The first-order valence-corrected chi connectivity index (χ1v) is 10.5. The van der Waals surface area contributed by atoms with E-state index in [1.165, 1.54) is 33.7 Å². The highest BCUT2D eigenvalue weighted by atomic mass is 16.2. The van der Waals surface area contributed by atoms with Crippen LogP contribution in [0.5, 0.6) is 0 Å². The quantitative estimate of drug-likeness (QED) is 0.622. The molecular formula is C25H26N4O. The second kappa shape index (κ2) is 6.94. The molecule has 0 aliphatic carbocycles. The second-order valence-electron chi connectivity index (χ2n) is 8.71. The lowest BCUT2D eigenvalue weighted by atomic mass is 9.79. The number of hydrogen-bond acceptors (Lipinski definition) is 4. The maximum atomic E-state index is 11.9. The van der Waals surface area contributed by atoms with E-state index in [0.717, 1.165) is 43.9 Å². The summed E-state index contributed by atoms with van der Waals surface area (Å²) in [5, 5.41) is 1.17. The number of aryl methyl sites for hydroxylation is 1. The van der Waals surface area contributed by atoms with Gasteiger partial charge in [0.05, 0.1) is 5.52 Å². The molecule has 30 heavy (non-hydrogen) atoms. The van der Waals surface area contributed by atoms with Crippen LogP contribution < -0.4 is 4.90 Å². The first-order valence-electron chi connectivity index (χ1n) is 10.5. The van der Waals surface area contributed by atoms with E-state index in [9.17, 15) is 4.79 Å². The highest BCUT2D eigenvalue weighted by molar-refractivity contribution is 5.99. The van der Waals surface area contributed by atoms with E-state index < -0.39 is 0 Å². The Morgan fingerprint density at radius 2 is 1.97 bits per heavy atom. The minimum Gasteiger partial charge on any atom is -0.356 e. The van der Waals surface area contributed by atoms with Crippen molar-refractivity contribution in [3.05, 3.63) is 66.5 Å². The van der Waals surface area contributed by atoms with Crippen LogP contribution in [-0.4, -0.2) is 47.0 Å². The predicted molar refractivity (Wildman–Crippen MR) is 120 cm³/mol. The molecule has 0 unspecified atom stereocenters. The first-order chi connectivity index (χ1) is 14.5. The topological polar surface area (TPSA) is 49.3 Å². The molecule has 0 atom stereocenters. The minimum absolute atomic E-state index is 0.0366. The van der Waals surface area contributed by atoms with Crippen LogP contribution in [-0.2, 0) is 4.79 Å². The molecule has 1 amide bonds. The molecule has 3 aromatic rings. The number of benzene rings is 1. The number of likely N-dealkylation sites (tertiary alicyclic amines) is 1.